The summed E-state index contributed by atoms with van der Waals surface area (Å²) in [5, 5.41) is 2.28. The Bertz CT molecular complexity index is 660. The summed E-state index contributed by atoms with van der Waals surface area (Å²) in [7, 11) is 2.93. The zero-order chi connectivity index (χ0) is 20.2. The van der Waals surface area contributed by atoms with Gasteiger partial charge in [-0.05, 0) is 45.9 Å². The second-order valence-electron chi connectivity index (χ2n) is 6.46. The molecule has 9 heteroatoms. The van der Waals surface area contributed by atoms with Crippen LogP contribution in [0.2, 0.25) is 0 Å². The smallest absolute Gasteiger partial charge is 0.427 e. The third kappa shape index (κ3) is 6.07. The van der Waals surface area contributed by atoms with Crippen LogP contribution in [-0.2, 0) is 14.2 Å². The molecule has 0 bridgehead atoms. The summed E-state index contributed by atoms with van der Waals surface area (Å²) in [4.78, 5) is 11.5. The van der Waals surface area contributed by atoms with Gasteiger partial charge in [0.15, 0.2) is 5.75 Å². The minimum Gasteiger partial charge on any atom is -0.427 e. The summed E-state index contributed by atoms with van der Waals surface area (Å²) in [6.07, 6.45) is -3.95. The van der Waals surface area contributed by atoms with E-state index in [1.54, 1.807) is 7.11 Å². The maximum absolute atomic E-state index is 12.5. The van der Waals surface area contributed by atoms with Crippen molar-refractivity contribution in [2.45, 2.75) is 45.3 Å². The lowest BCUT2D eigenvalue weighted by atomic mass is 9.82. The molecule has 0 fully saturated rings. The summed E-state index contributed by atoms with van der Waals surface area (Å²) >= 11 is 0. The van der Waals surface area contributed by atoms with E-state index in [2.05, 4.69) is 16.6 Å². The number of carbonyl (C=O) groups excluding carboxylic acids is 1. The molecule has 0 atom stereocenters. The van der Waals surface area contributed by atoms with Crippen molar-refractivity contribution in [3.05, 3.63) is 30.9 Å². The van der Waals surface area contributed by atoms with E-state index in [1.165, 1.54) is 19.6 Å². The van der Waals surface area contributed by atoms with Crippen molar-refractivity contribution < 1.29 is 32.1 Å². The summed E-state index contributed by atoms with van der Waals surface area (Å²) in [6.45, 7) is 10.6. The molecule has 1 aromatic carbocycles. The summed E-state index contributed by atoms with van der Waals surface area (Å²) in [6, 6.07) is 3.77. The number of ether oxygens (including phenoxy) is 2. The molecule has 1 N–H and O–H groups in total. The predicted molar refractivity (Wildman–Crippen MR) is 93.6 cm³/mol. The van der Waals surface area contributed by atoms with Crippen LogP contribution < -0.4 is 15.5 Å². The molecule has 5 nitrogen and oxygen atoms in total. The maximum Gasteiger partial charge on any atom is 0.573 e. The first-order valence-electron chi connectivity index (χ1n) is 7.71. The van der Waals surface area contributed by atoms with Gasteiger partial charge in [-0.3, -0.25) is 4.79 Å². The molecular formula is C17H22BF3NO4. The predicted octanol–water partition coefficient (Wildman–Crippen LogP) is 3.17. The van der Waals surface area contributed by atoms with Gasteiger partial charge in [0.05, 0.1) is 16.9 Å². The lowest BCUT2D eigenvalue weighted by Gasteiger charge is -2.40. The standard InChI is InChI=1S/C17H22BF3NO4/c1-7-14(23)22-12-10-11(8-9-13(12)25-17(19,20)21)18-26-16(4,5)15(2,3)24-6/h7-10H,1H2,2-6H3,(H,22,23). The minimum atomic E-state index is -4.89. The van der Waals surface area contributed by atoms with Crippen LogP contribution in [0.25, 0.3) is 0 Å². The van der Waals surface area contributed by atoms with Crippen LogP contribution in [0.15, 0.2) is 30.9 Å². The molecule has 0 spiro atoms. The Morgan fingerprint density at radius 3 is 2.31 bits per heavy atom. The number of amides is 1. The van der Waals surface area contributed by atoms with Gasteiger partial charge < -0.3 is 19.4 Å². The molecule has 0 saturated carbocycles. The fourth-order valence-corrected chi connectivity index (χ4v) is 1.72. The van der Waals surface area contributed by atoms with Crippen LogP contribution in [0, 0.1) is 0 Å². The fraction of sp³-hybridized carbons (Fsp3) is 0.471. The molecular weight excluding hydrogens is 350 g/mol. The highest BCUT2D eigenvalue weighted by molar-refractivity contribution is 6.47. The number of carbonyl (C=O) groups is 1. The van der Waals surface area contributed by atoms with Gasteiger partial charge in [0.2, 0.25) is 5.91 Å². The van der Waals surface area contributed by atoms with Crippen molar-refractivity contribution in [1.82, 2.24) is 0 Å². The fourth-order valence-electron chi connectivity index (χ4n) is 1.72. The quantitative estimate of drug-likeness (QED) is 0.563. The molecule has 1 rings (SSSR count). The molecule has 26 heavy (non-hydrogen) atoms. The molecule has 0 heterocycles. The number of benzene rings is 1. The second-order valence-corrected chi connectivity index (χ2v) is 6.46. The van der Waals surface area contributed by atoms with Crippen LogP contribution in [-0.4, -0.2) is 38.1 Å². The van der Waals surface area contributed by atoms with Gasteiger partial charge in [0, 0.05) is 7.11 Å². The zero-order valence-electron chi connectivity index (χ0n) is 15.4. The van der Waals surface area contributed by atoms with E-state index >= 15 is 0 Å². The highest BCUT2D eigenvalue weighted by Crippen LogP contribution is 2.30. The van der Waals surface area contributed by atoms with Gasteiger partial charge in [-0.25, -0.2) is 0 Å². The van der Waals surface area contributed by atoms with Crippen LogP contribution >= 0.6 is 0 Å². The van der Waals surface area contributed by atoms with E-state index in [4.69, 9.17) is 9.39 Å². The highest BCUT2D eigenvalue weighted by atomic mass is 19.4. The Morgan fingerprint density at radius 2 is 1.81 bits per heavy atom. The van der Waals surface area contributed by atoms with Crippen LogP contribution in [0.5, 0.6) is 5.75 Å². The number of methoxy groups -OCH3 is 1. The van der Waals surface area contributed by atoms with Crippen LogP contribution in [0.4, 0.5) is 18.9 Å². The van der Waals surface area contributed by atoms with E-state index in [9.17, 15) is 18.0 Å². The number of alkyl halides is 3. The third-order valence-corrected chi connectivity index (χ3v) is 4.12. The molecule has 0 aliphatic heterocycles. The first-order chi connectivity index (χ1) is 11.8. The number of anilines is 1. The second kappa shape index (κ2) is 8.13. The van der Waals surface area contributed by atoms with Gasteiger partial charge in [0.1, 0.15) is 0 Å². The number of halogens is 3. The monoisotopic (exact) mass is 372 g/mol. The van der Waals surface area contributed by atoms with E-state index in [1.807, 2.05) is 27.7 Å². The maximum atomic E-state index is 12.5. The number of nitrogens with one attached hydrogen (secondary N) is 1. The summed E-state index contributed by atoms with van der Waals surface area (Å²) in [5.41, 5.74) is -1.08. The SMILES string of the molecule is C=CC(=O)Nc1cc([B]OC(C)(C)C(C)(C)OC)ccc1OC(F)(F)F. The molecule has 0 unspecified atom stereocenters. The molecule has 1 amide bonds. The average molecular weight is 372 g/mol. The van der Waals surface area contributed by atoms with Crippen molar-refractivity contribution in [1.29, 1.82) is 0 Å². The topological polar surface area (TPSA) is 56.8 Å². The first kappa shape index (κ1) is 22.0. The molecule has 143 valence electrons. The number of hydrogen-bond acceptors (Lipinski definition) is 4. The average Bonchev–Trinajstić information content (AvgIpc) is 2.53. The Balaban J connectivity index is 3.05. The van der Waals surface area contributed by atoms with Crippen molar-refractivity contribution in [3.8, 4) is 5.75 Å². The zero-order valence-corrected chi connectivity index (χ0v) is 15.4. The van der Waals surface area contributed by atoms with Crippen molar-refractivity contribution in [3.63, 3.8) is 0 Å². The van der Waals surface area contributed by atoms with Gasteiger partial charge in [-0.1, -0.05) is 18.1 Å². The number of rotatable bonds is 8. The third-order valence-electron chi connectivity index (χ3n) is 4.12. The van der Waals surface area contributed by atoms with Crippen LogP contribution in [0.3, 0.4) is 0 Å². The Kier molecular flexibility index (Phi) is 6.90. The van der Waals surface area contributed by atoms with E-state index in [0.29, 0.717) is 5.46 Å². The normalized spacial score (nSPS) is 12.5. The molecule has 0 saturated heterocycles. The molecule has 0 aromatic heterocycles. The van der Waals surface area contributed by atoms with Crippen molar-refractivity contribution >= 4 is 24.5 Å². The Morgan fingerprint density at radius 1 is 1.19 bits per heavy atom. The van der Waals surface area contributed by atoms with Crippen molar-refractivity contribution in [2.24, 2.45) is 0 Å². The van der Waals surface area contributed by atoms with E-state index < -0.39 is 29.2 Å². The van der Waals surface area contributed by atoms with Crippen molar-refractivity contribution in [2.75, 3.05) is 12.4 Å². The Hall–Kier alpha value is -2.00. The van der Waals surface area contributed by atoms with Gasteiger partial charge >= 0.3 is 13.8 Å². The lowest BCUT2D eigenvalue weighted by Crippen LogP contribution is -2.50. The van der Waals surface area contributed by atoms with E-state index in [0.717, 1.165) is 12.1 Å². The molecule has 0 aliphatic rings. The Labute approximate surface area is 151 Å². The summed E-state index contributed by atoms with van der Waals surface area (Å²) < 4.78 is 52.6. The first-order valence-corrected chi connectivity index (χ1v) is 7.71. The van der Waals surface area contributed by atoms with Crippen LogP contribution in [0.1, 0.15) is 27.7 Å². The molecule has 0 aliphatic carbocycles. The largest absolute Gasteiger partial charge is 0.573 e. The lowest BCUT2D eigenvalue weighted by molar-refractivity contribution is -0.274. The highest BCUT2D eigenvalue weighted by Gasteiger charge is 2.38. The minimum absolute atomic E-state index is 0.159. The van der Waals surface area contributed by atoms with Gasteiger partial charge in [0.25, 0.3) is 0 Å². The van der Waals surface area contributed by atoms with Gasteiger partial charge in [-0.2, -0.15) is 0 Å². The number of hydrogen-bond donors (Lipinski definition) is 1. The van der Waals surface area contributed by atoms with E-state index in [-0.39, 0.29) is 5.69 Å². The van der Waals surface area contributed by atoms with Gasteiger partial charge in [-0.15, -0.1) is 13.2 Å². The summed E-state index contributed by atoms with van der Waals surface area (Å²) in [5.74, 6) is -1.21. The molecule has 1 radical (unpaired) electrons. The molecule has 1 aromatic rings.